The van der Waals surface area contributed by atoms with Crippen LogP contribution in [-0.4, -0.2) is 35.0 Å². The van der Waals surface area contributed by atoms with Crippen molar-refractivity contribution in [3.05, 3.63) is 29.6 Å². The molecule has 0 saturated heterocycles. The molecule has 0 bridgehead atoms. The zero-order valence-corrected chi connectivity index (χ0v) is 10.2. The molecule has 0 aliphatic carbocycles. The van der Waals surface area contributed by atoms with Crippen LogP contribution in [0.5, 0.6) is 5.75 Å². The van der Waals surface area contributed by atoms with Crippen LogP contribution in [-0.2, 0) is 0 Å². The van der Waals surface area contributed by atoms with Gasteiger partial charge in [-0.1, -0.05) is 0 Å². The summed E-state index contributed by atoms with van der Waals surface area (Å²) in [6, 6.07) is 3.31. The normalized spacial score (nSPS) is 11.4. The third kappa shape index (κ3) is 2.74. The Labute approximate surface area is 99.8 Å². The first-order chi connectivity index (χ1) is 7.79. The number of aromatic hydroxyl groups is 1. The van der Waals surface area contributed by atoms with Crippen LogP contribution >= 0.6 is 0 Å². The van der Waals surface area contributed by atoms with E-state index in [1.165, 1.54) is 11.0 Å². The summed E-state index contributed by atoms with van der Waals surface area (Å²) in [4.78, 5) is 13.5. The van der Waals surface area contributed by atoms with Gasteiger partial charge in [0.2, 0.25) is 0 Å². The number of benzene rings is 1. The van der Waals surface area contributed by atoms with Crippen molar-refractivity contribution < 1.29 is 14.3 Å². The number of hydrogen-bond acceptors (Lipinski definition) is 3. The zero-order valence-electron chi connectivity index (χ0n) is 10.2. The minimum absolute atomic E-state index is 0.0652. The maximum Gasteiger partial charge on any atom is 0.257 e. The highest BCUT2D eigenvalue weighted by atomic mass is 19.1. The van der Waals surface area contributed by atoms with Crippen LogP contribution in [0.2, 0.25) is 0 Å². The molecule has 0 heterocycles. The van der Waals surface area contributed by atoms with Crippen molar-refractivity contribution in [3.8, 4) is 5.75 Å². The number of phenols is 1. The number of halogens is 1. The topological polar surface area (TPSA) is 66.6 Å². The third-order valence-corrected chi connectivity index (χ3v) is 2.90. The lowest BCUT2D eigenvalue weighted by molar-refractivity contribution is 0.0637. The van der Waals surface area contributed by atoms with E-state index in [-0.39, 0.29) is 17.9 Å². The predicted octanol–water partition coefficient (Wildman–Crippen LogP) is 1.34. The Morgan fingerprint density at radius 1 is 1.53 bits per heavy atom. The Hall–Kier alpha value is -1.62. The number of phenolic OH excluding ortho intramolecular Hbond substituents is 1. The Morgan fingerprint density at radius 3 is 2.59 bits per heavy atom. The summed E-state index contributed by atoms with van der Waals surface area (Å²) in [6.45, 7) is 3.91. The molecule has 0 fully saturated rings. The van der Waals surface area contributed by atoms with Crippen LogP contribution < -0.4 is 5.73 Å². The largest absolute Gasteiger partial charge is 0.507 e. The molecule has 0 unspecified atom stereocenters. The fraction of sp³-hybridized carbons (Fsp3) is 0.417. The number of carbonyl (C=O) groups excluding carboxylic acids is 1. The van der Waals surface area contributed by atoms with Gasteiger partial charge in [0.05, 0.1) is 5.56 Å². The lowest BCUT2D eigenvalue weighted by Gasteiger charge is -2.34. The molecule has 0 radical (unpaired) electrons. The first kappa shape index (κ1) is 13.4. The standard InChI is InChI=1S/C12H17FN2O2/c1-12(2,7-14)15(3)11(17)9-5-4-8(13)6-10(9)16/h4-6,16H,7,14H2,1-3H3. The molecule has 0 aliphatic rings. The Balaban J connectivity index is 3.05. The SMILES string of the molecule is CN(C(=O)c1ccc(F)cc1O)C(C)(C)CN. The second kappa shape index (κ2) is 4.71. The van der Waals surface area contributed by atoms with Crippen molar-refractivity contribution in [3.63, 3.8) is 0 Å². The summed E-state index contributed by atoms with van der Waals surface area (Å²) in [5.74, 6) is -1.34. The van der Waals surface area contributed by atoms with E-state index in [4.69, 9.17) is 5.73 Å². The average Bonchev–Trinajstić information content (AvgIpc) is 2.27. The van der Waals surface area contributed by atoms with Gasteiger partial charge in [-0.05, 0) is 26.0 Å². The van der Waals surface area contributed by atoms with E-state index >= 15 is 0 Å². The second-order valence-electron chi connectivity index (χ2n) is 4.54. The number of amides is 1. The van der Waals surface area contributed by atoms with Crippen molar-refractivity contribution >= 4 is 5.91 Å². The quantitative estimate of drug-likeness (QED) is 0.837. The molecule has 1 aromatic rings. The lowest BCUT2D eigenvalue weighted by Crippen LogP contribution is -2.50. The minimum Gasteiger partial charge on any atom is -0.507 e. The third-order valence-electron chi connectivity index (χ3n) is 2.90. The summed E-state index contributed by atoms with van der Waals surface area (Å²) < 4.78 is 12.8. The van der Waals surface area contributed by atoms with Crippen molar-refractivity contribution in [2.75, 3.05) is 13.6 Å². The number of nitrogens with zero attached hydrogens (tertiary/aromatic N) is 1. The van der Waals surface area contributed by atoms with Gasteiger partial charge >= 0.3 is 0 Å². The fourth-order valence-corrected chi connectivity index (χ4v) is 1.28. The van der Waals surface area contributed by atoms with Crippen LogP contribution in [0.15, 0.2) is 18.2 Å². The smallest absolute Gasteiger partial charge is 0.257 e. The van der Waals surface area contributed by atoms with E-state index in [1.54, 1.807) is 7.05 Å². The molecule has 17 heavy (non-hydrogen) atoms. The number of rotatable bonds is 3. The molecule has 94 valence electrons. The van der Waals surface area contributed by atoms with Gasteiger partial charge in [-0.25, -0.2) is 4.39 Å². The summed E-state index contributed by atoms with van der Waals surface area (Å²) in [5, 5.41) is 9.53. The van der Waals surface area contributed by atoms with Gasteiger partial charge in [0.15, 0.2) is 0 Å². The van der Waals surface area contributed by atoms with Crippen molar-refractivity contribution in [2.45, 2.75) is 19.4 Å². The fourth-order valence-electron chi connectivity index (χ4n) is 1.28. The molecule has 5 heteroatoms. The highest BCUT2D eigenvalue weighted by Gasteiger charge is 2.28. The van der Waals surface area contributed by atoms with Gasteiger partial charge in [0.1, 0.15) is 11.6 Å². The van der Waals surface area contributed by atoms with E-state index in [9.17, 15) is 14.3 Å². The van der Waals surface area contributed by atoms with Gasteiger partial charge in [-0.15, -0.1) is 0 Å². The second-order valence-corrected chi connectivity index (χ2v) is 4.54. The van der Waals surface area contributed by atoms with Gasteiger partial charge in [-0.3, -0.25) is 4.79 Å². The van der Waals surface area contributed by atoms with E-state index < -0.39 is 17.3 Å². The molecule has 1 aromatic carbocycles. The molecular formula is C12H17FN2O2. The predicted molar refractivity (Wildman–Crippen MR) is 63.3 cm³/mol. The number of hydrogen-bond donors (Lipinski definition) is 2. The van der Waals surface area contributed by atoms with Crippen LogP contribution in [0.1, 0.15) is 24.2 Å². The van der Waals surface area contributed by atoms with Crippen LogP contribution in [0.25, 0.3) is 0 Å². The minimum atomic E-state index is -0.584. The highest BCUT2D eigenvalue weighted by molar-refractivity contribution is 5.97. The molecule has 1 rings (SSSR count). The summed E-state index contributed by atoms with van der Waals surface area (Å²) in [5.41, 5.74) is 5.10. The van der Waals surface area contributed by atoms with Crippen molar-refractivity contribution in [2.24, 2.45) is 5.73 Å². The summed E-state index contributed by atoms with van der Waals surface area (Å²) in [6.07, 6.45) is 0. The maximum atomic E-state index is 12.8. The van der Waals surface area contributed by atoms with Gasteiger partial charge in [0.25, 0.3) is 5.91 Å². The number of nitrogens with two attached hydrogens (primary N) is 1. The monoisotopic (exact) mass is 240 g/mol. The molecule has 4 nitrogen and oxygen atoms in total. The molecular weight excluding hydrogens is 223 g/mol. The van der Waals surface area contributed by atoms with Gasteiger partial charge in [-0.2, -0.15) is 0 Å². The lowest BCUT2D eigenvalue weighted by atomic mass is 10.0. The molecule has 0 aliphatic heterocycles. The first-order valence-electron chi connectivity index (χ1n) is 5.26. The number of carbonyl (C=O) groups is 1. The summed E-state index contributed by atoms with van der Waals surface area (Å²) >= 11 is 0. The Bertz CT molecular complexity index is 433. The summed E-state index contributed by atoms with van der Waals surface area (Å²) in [7, 11) is 1.60. The van der Waals surface area contributed by atoms with Crippen molar-refractivity contribution in [1.29, 1.82) is 0 Å². The van der Waals surface area contributed by atoms with E-state index in [2.05, 4.69) is 0 Å². The average molecular weight is 240 g/mol. The van der Waals surface area contributed by atoms with Crippen molar-refractivity contribution in [1.82, 2.24) is 4.90 Å². The van der Waals surface area contributed by atoms with E-state index in [0.717, 1.165) is 12.1 Å². The van der Waals surface area contributed by atoms with Crippen LogP contribution in [0, 0.1) is 5.82 Å². The molecule has 1 amide bonds. The first-order valence-corrected chi connectivity index (χ1v) is 5.26. The zero-order chi connectivity index (χ0) is 13.2. The number of likely N-dealkylation sites (N-methyl/N-ethyl adjacent to an activating group) is 1. The molecule has 0 spiro atoms. The van der Waals surface area contributed by atoms with E-state index in [1.807, 2.05) is 13.8 Å². The molecule has 0 aromatic heterocycles. The van der Waals surface area contributed by atoms with Crippen LogP contribution in [0.3, 0.4) is 0 Å². The van der Waals surface area contributed by atoms with Gasteiger partial charge in [0, 0.05) is 25.2 Å². The Morgan fingerprint density at radius 2 is 2.12 bits per heavy atom. The molecule has 0 saturated carbocycles. The van der Waals surface area contributed by atoms with Crippen LogP contribution in [0.4, 0.5) is 4.39 Å². The van der Waals surface area contributed by atoms with Gasteiger partial charge < -0.3 is 15.7 Å². The maximum absolute atomic E-state index is 12.8. The van der Waals surface area contributed by atoms with E-state index in [0.29, 0.717) is 0 Å². The molecule has 3 N–H and O–H groups in total. The Kier molecular flexibility index (Phi) is 3.72. The highest BCUT2D eigenvalue weighted by Crippen LogP contribution is 2.22. The molecule has 0 atom stereocenters.